The summed E-state index contributed by atoms with van der Waals surface area (Å²) in [6.07, 6.45) is 0.106. The van der Waals surface area contributed by atoms with E-state index in [2.05, 4.69) is 10.6 Å². The number of nitrogens with one attached hydrogen (secondary N) is 2. The van der Waals surface area contributed by atoms with Crippen molar-refractivity contribution in [3.63, 3.8) is 0 Å². The molecule has 136 valence electrons. The van der Waals surface area contributed by atoms with Crippen LogP contribution in [0, 0.1) is 0 Å². The number of phenols is 1. The SMILES string of the molecule is CC(=O)NC(Cc1ccc(O)cc1)C(=O)N[C@H]1CN(S(=O)(=O)O)C1=O. The molecule has 0 saturated carbocycles. The van der Waals surface area contributed by atoms with Gasteiger partial charge in [0, 0.05) is 13.3 Å². The largest absolute Gasteiger partial charge is 0.508 e. The molecule has 1 fully saturated rings. The first-order valence-electron chi connectivity index (χ1n) is 7.22. The van der Waals surface area contributed by atoms with E-state index in [1.807, 2.05) is 0 Å². The molecule has 3 amide bonds. The first-order valence-corrected chi connectivity index (χ1v) is 8.62. The van der Waals surface area contributed by atoms with Crippen molar-refractivity contribution in [1.29, 1.82) is 0 Å². The second kappa shape index (κ2) is 7.07. The molecule has 1 aromatic rings. The van der Waals surface area contributed by atoms with E-state index < -0.39 is 40.1 Å². The summed E-state index contributed by atoms with van der Waals surface area (Å²) in [6, 6.07) is 3.92. The predicted octanol–water partition coefficient (Wildman–Crippen LogP) is -1.43. The molecule has 1 saturated heterocycles. The molecule has 0 spiro atoms. The molecule has 0 aliphatic carbocycles. The number of phenolic OH excluding ortho intramolecular Hbond substituents is 1. The lowest BCUT2D eigenvalue weighted by Crippen LogP contribution is -2.66. The fourth-order valence-electron chi connectivity index (χ4n) is 2.31. The maximum atomic E-state index is 12.3. The van der Waals surface area contributed by atoms with Crippen LogP contribution in [0.3, 0.4) is 0 Å². The lowest BCUT2D eigenvalue weighted by molar-refractivity contribution is -0.141. The summed E-state index contributed by atoms with van der Waals surface area (Å²) < 4.78 is 30.8. The van der Waals surface area contributed by atoms with E-state index in [4.69, 9.17) is 4.55 Å². The molecular weight excluding hydrogens is 354 g/mol. The molecule has 2 rings (SSSR count). The van der Waals surface area contributed by atoms with Crippen LogP contribution in [0.2, 0.25) is 0 Å². The Morgan fingerprint density at radius 3 is 2.40 bits per heavy atom. The Bertz CT molecular complexity index is 791. The van der Waals surface area contributed by atoms with Crippen molar-refractivity contribution >= 4 is 28.0 Å². The number of nitrogens with zero attached hydrogens (tertiary/aromatic N) is 1. The maximum absolute atomic E-state index is 12.3. The standard InChI is InChI=1S/C14H17N3O7S/c1-8(18)15-11(6-9-2-4-10(19)5-3-9)13(20)16-12-7-17(14(12)21)25(22,23)24/h2-5,11-12,19H,6-7H2,1H3,(H,15,18)(H,16,20)(H,22,23,24)/t11?,12-/m0/s1. The zero-order valence-corrected chi connectivity index (χ0v) is 14.0. The highest BCUT2D eigenvalue weighted by Gasteiger charge is 2.45. The molecule has 1 aliphatic rings. The van der Waals surface area contributed by atoms with E-state index in [1.54, 1.807) is 12.1 Å². The van der Waals surface area contributed by atoms with Gasteiger partial charge in [-0.05, 0) is 17.7 Å². The van der Waals surface area contributed by atoms with E-state index in [0.717, 1.165) is 0 Å². The van der Waals surface area contributed by atoms with Crippen LogP contribution in [-0.4, -0.2) is 58.7 Å². The van der Waals surface area contributed by atoms with Crippen molar-refractivity contribution in [3.05, 3.63) is 29.8 Å². The van der Waals surface area contributed by atoms with Gasteiger partial charge in [-0.1, -0.05) is 12.1 Å². The van der Waals surface area contributed by atoms with Crippen LogP contribution < -0.4 is 10.6 Å². The third kappa shape index (κ3) is 4.67. The third-order valence-corrected chi connectivity index (χ3v) is 4.44. The van der Waals surface area contributed by atoms with Crippen molar-refractivity contribution in [2.24, 2.45) is 0 Å². The van der Waals surface area contributed by atoms with Crippen LogP contribution in [0.5, 0.6) is 5.75 Å². The molecule has 4 N–H and O–H groups in total. The summed E-state index contributed by atoms with van der Waals surface area (Å²) in [5, 5.41) is 14.0. The van der Waals surface area contributed by atoms with Gasteiger partial charge in [0.05, 0.1) is 6.54 Å². The van der Waals surface area contributed by atoms with Gasteiger partial charge in [0.1, 0.15) is 17.8 Å². The number of hydrogen-bond acceptors (Lipinski definition) is 6. The molecule has 1 unspecified atom stereocenters. The van der Waals surface area contributed by atoms with Gasteiger partial charge >= 0.3 is 10.3 Å². The highest BCUT2D eigenvalue weighted by molar-refractivity contribution is 7.84. The second-order valence-corrected chi connectivity index (χ2v) is 6.87. The number of β-lactam (4-membered cyclic amide) rings is 1. The quantitative estimate of drug-likeness (QED) is 0.353. The Hall–Kier alpha value is -2.66. The molecular formula is C14H17N3O7S. The normalized spacial score (nSPS) is 18.2. The summed E-state index contributed by atoms with van der Waals surface area (Å²) in [4.78, 5) is 35.2. The number of carbonyl (C=O) groups is 3. The van der Waals surface area contributed by atoms with Crippen molar-refractivity contribution in [2.45, 2.75) is 25.4 Å². The number of rotatable bonds is 6. The number of benzene rings is 1. The first-order chi connectivity index (χ1) is 11.6. The van der Waals surface area contributed by atoms with Crippen LogP contribution in [-0.2, 0) is 31.1 Å². The lowest BCUT2D eigenvalue weighted by atomic mass is 10.0. The van der Waals surface area contributed by atoms with Gasteiger partial charge in [-0.3, -0.25) is 18.9 Å². The monoisotopic (exact) mass is 371 g/mol. The van der Waals surface area contributed by atoms with Gasteiger partial charge in [-0.25, -0.2) is 4.31 Å². The Balaban J connectivity index is 2.03. The second-order valence-electron chi connectivity index (χ2n) is 5.53. The molecule has 1 aliphatic heterocycles. The van der Waals surface area contributed by atoms with Crippen LogP contribution in [0.1, 0.15) is 12.5 Å². The zero-order chi connectivity index (χ0) is 18.8. The van der Waals surface area contributed by atoms with Gasteiger partial charge in [-0.15, -0.1) is 0 Å². The van der Waals surface area contributed by atoms with E-state index in [0.29, 0.717) is 5.56 Å². The number of hydrogen-bond donors (Lipinski definition) is 4. The Morgan fingerprint density at radius 1 is 1.32 bits per heavy atom. The number of amides is 3. The van der Waals surface area contributed by atoms with Crippen LogP contribution >= 0.6 is 0 Å². The molecule has 11 heteroatoms. The summed E-state index contributed by atoms with van der Waals surface area (Å²) in [5.74, 6) is -2.04. The highest BCUT2D eigenvalue weighted by atomic mass is 32.2. The summed E-state index contributed by atoms with van der Waals surface area (Å²) in [7, 11) is -4.64. The highest BCUT2D eigenvalue weighted by Crippen LogP contribution is 2.15. The molecule has 0 bridgehead atoms. The van der Waals surface area contributed by atoms with Crippen molar-refractivity contribution < 1.29 is 32.5 Å². The van der Waals surface area contributed by atoms with Gasteiger partial charge in [0.25, 0.3) is 5.91 Å². The van der Waals surface area contributed by atoms with Crippen LogP contribution in [0.25, 0.3) is 0 Å². The smallest absolute Gasteiger partial charge is 0.362 e. The summed E-state index contributed by atoms with van der Waals surface area (Å²) in [5.41, 5.74) is 0.659. The molecule has 0 radical (unpaired) electrons. The Kier molecular flexibility index (Phi) is 5.28. The van der Waals surface area contributed by atoms with Gasteiger partial charge in [0.15, 0.2) is 0 Å². The van der Waals surface area contributed by atoms with Crippen LogP contribution in [0.15, 0.2) is 24.3 Å². The lowest BCUT2D eigenvalue weighted by Gasteiger charge is -2.36. The Morgan fingerprint density at radius 2 is 1.92 bits per heavy atom. The third-order valence-electron chi connectivity index (χ3n) is 3.56. The average Bonchev–Trinajstić information content (AvgIpc) is 2.50. The molecule has 0 aromatic heterocycles. The fraction of sp³-hybridized carbons (Fsp3) is 0.357. The first kappa shape index (κ1) is 18.7. The number of carbonyl (C=O) groups excluding carboxylic acids is 3. The van der Waals surface area contributed by atoms with E-state index in [-0.39, 0.29) is 23.0 Å². The van der Waals surface area contributed by atoms with E-state index >= 15 is 0 Å². The minimum atomic E-state index is -4.64. The van der Waals surface area contributed by atoms with Gasteiger partial charge < -0.3 is 15.7 Å². The fourth-order valence-corrected chi connectivity index (χ4v) is 3.00. The summed E-state index contributed by atoms with van der Waals surface area (Å²) >= 11 is 0. The summed E-state index contributed by atoms with van der Waals surface area (Å²) in [6.45, 7) is 0.848. The number of aromatic hydroxyl groups is 1. The topological polar surface area (TPSA) is 153 Å². The van der Waals surface area contributed by atoms with Crippen LogP contribution in [0.4, 0.5) is 0 Å². The van der Waals surface area contributed by atoms with Gasteiger partial charge in [0.2, 0.25) is 11.8 Å². The van der Waals surface area contributed by atoms with Crippen molar-refractivity contribution in [3.8, 4) is 5.75 Å². The average molecular weight is 371 g/mol. The van der Waals surface area contributed by atoms with Gasteiger partial charge in [-0.2, -0.15) is 8.42 Å². The van der Waals surface area contributed by atoms with Crippen molar-refractivity contribution in [1.82, 2.24) is 14.9 Å². The zero-order valence-electron chi connectivity index (χ0n) is 13.2. The molecule has 2 atom stereocenters. The minimum absolute atomic E-state index is 0.0506. The molecule has 25 heavy (non-hydrogen) atoms. The molecule has 10 nitrogen and oxygen atoms in total. The minimum Gasteiger partial charge on any atom is -0.508 e. The molecule has 1 heterocycles. The maximum Gasteiger partial charge on any atom is 0.362 e. The molecule has 1 aromatic carbocycles. The van der Waals surface area contributed by atoms with E-state index in [1.165, 1.54) is 19.1 Å². The van der Waals surface area contributed by atoms with Crippen molar-refractivity contribution in [2.75, 3.05) is 6.54 Å². The predicted molar refractivity (Wildman–Crippen MR) is 84.6 cm³/mol. The van der Waals surface area contributed by atoms with E-state index in [9.17, 15) is 27.9 Å². The Labute approximate surface area is 143 Å².